The molecular formula is C26H35N3O3S. The normalized spacial score (nSPS) is 20.6. The highest BCUT2D eigenvalue weighted by molar-refractivity contribution is 7.89. The molecule has 7 heteroatoms. The van der Waals surface area contributed by atoms with Gasteiger partial charge >= 0.3 is 0 Å². The second-order valence-electron chi connectivity index (χ2n) is 9.19. The third kappa shape index (κ3) is 6.65. The minimum Gasteiger partial charge on any atom is -0.340 e. The van der Waals surface area contributed by atoms with E-state index in [0.29, 0.717) is 32.6 Å². The molecule has 0 spiro atoms. The van der Waals surface area contributed by atoms with Gasteiger partial charge in [-0.05, 0) is 36.8 Å². The van der Waals surface area contributed by atoms with E-state index in [1.165, 1.54) is 5.56 Å². The van der Waals surface area contributed by atoms with Gasteiger partial charge in [0.1, 0.15) is 0 Å². The van der Waals surface area contributed by atoms with Crippen LogP contribution in [0.2, 0.25) is 0 Å². The van der Waals surface area contributed by atoms with Crippen molar-refractivity contribution in [1.82, 2.24) is 14.1 Å². The summed E-state index contributed by atoms with van der Waals surface area (Å²) in [6, 6.07) is 20.4. The molecule has 2 aromatic carbocycles. The van der Waals surface area contributed by atoms with Crippen LogP contribution < -0.4 is 0 Å². The van der Waals surface area contributed by atoms with E-state index in [4.69, 9.17) is 0 Å². The summed E-state index contributed by atoms with van der Waals surface area (Å²) >= 11 is 0. The fourth-order valence-corrected chi connectivity index (χ4v) is 6.44. The number of piperazine rings is 1. The third-order valence-electron chi connectivity index (χ3n) is 6.77. The second kappa shape index (κ2) is 11.3. The Morgan fingerprint density at radius 3 is 2.15 bits per heavy atom. The van der Waals surface area contributed by atoms with Gasteiger partial charge in [0.25, 0.3) is 0 Å². The molecule has 2 fully saturated rings. The van der Waals surface area contributed by atoms with E-state index < -0.39 is 10.0 Å². The highest BCUT2D eigenvalue weighted by Crippen LogP contribution is 2.23. The molecule has 2 aliphatic heterocycles. The van der Waals surface area contributed by atoms with Crippen molar-refractivity contribution in [3.63, 3.8) is 0 Å². The van der Waals surface area contributed by atoms with Gasteiger partial charge in [0.15, 0.2) is 0 Å². The van der Waals surface area contributed by atoms with Gasteiger partial charge in [-0.1, -0.05) is 60.7 Å². The molecule has 0 saturated carbocycles. The van der Waals surface area contributed by atoms with E-state index in [0.717, 1.165) is 44.5 Å². The first kappa shape index (κ1) is 23.9. The number of amides is 1. The van der Waals surface area contributed by atoms with E-state index in [9.17, 15) is 13.2 Å². The molecule has 0 aliphatic carbocycles. The first-order valence-corrected chi connectivity index (χ1v) is 13.7. The maximum absolute atomic E-state index is 13.2. The Morgan fingerprint density at radius 1 is 0.848 bits per heavy atom. The molecule has 2 aliphatic rings. The number of rotatable bonds is 8. The number of nitrogens with zero attached hydrogens (tertiary/aromatic N) is 3. The van der Waals surface area contributed by atoms with Gasteiger partial charge in [-0.15, -0.1) is 0 Å². The summed E-state index contributed by atoms with van der Waals surface area (Å²) in [5.74, 6) is 0.0444. The van der Waals surface area contributed by atoms with Crippen molar-refractivity contribution in [2.24, 2.45) is 5.92 Å². The lowest BCUT2D eigenvalue weighted by atomic mass is 9.97. The van der Waals surface area contributed by atoms with Crippen LogP contribution in [0.1, 0.15) is 30.4 Å². The molecular weight excluding hydrogens is 434 g/mol. The lowest BCUT2D eigenvalue weighted by molar-refractivity contribution is -0.138. The van der Waals surface area contributed by atoms with Crippen LogP contribution >= 0.6 is 0 Å². The van der Waals surface area contributed by atoms with Gasteiger partial charge in [0.05, 0.1) is 11.7 Å². The smallest absolute Gasteiger partial charge is 0.227 e. The van der Waals surface area contributed by atoms with Crippen LogP contribution in [0, 0.1) is 5.92 Å². The Labute approximate surface area is 198 Å². The van der Waals surface area contributed by atoms with Gasteiger partial charge in [-0.25, -0.2) is 12.7 Å². The Hall–Kier alpha value is -2.22. The van der Waals surface area contributed by atoms with E-state index in [2.05, 4.69) is 29.2 Å². The zero-order chi connectivity index (χ0) is 23.1. The number of benzene rings is 2. The van der Waals surface area contributed by atoms with E-state index >= 15 is 0 Å². The van der Waals surface area contributed by atoms with Crippen molar-refractivity contribution in [1.29, 1.82) is 0 Å². The molecule has 2 saturated heterocycles. The number of carbonyl (C=O) groups is 1. The van der Waals surface area contributed by atoms with Gasteiger partial charge in [-0.3, -0.25) is 9.69 Å². The number of sulfonamides is 1. The first-order chi connectivity index (χ1) is 16.0. The predicted molar refractivity (Wildman–Crippen MR) is 131 cm³/mol. The summed E-state index contributed by atoms with van der Waals surface area (Å²) < 4.78 is 27.4. The largest absolute Gasteiger partial charge is 0.340 e. The van der Waals surface area contributed by atoms with E-state index in [-0.39, 0.29) is 17.6 Å². The lowest BCUT2D eigenvalue weighted by Crippen LogP contribution is -2.52. The van der Waals surface area contributed by atoms with Crippen LogP contribution in [-0.4, -0.2) is 73.5 Å². The van der Waals surface area contributed by atoms with Crippen molar-refractivity contribution in [2.75, 3.05) is 45.0 Å². The molecule has 0 N–H and O–H groups in total. The third-order valence-corrected chi connectivity index (χ3v) is 8.69. The average Bonchev–Trinajstić information content (AvgIpc) is 2.85. The Kier molecular flexibility index (Phi) is 8.17. The highest BCUT2D eigenvalue weighted by Gasteiger charge is 2.34. The van der Waals surface area contributed by atoms with Crippen molar-refractivity contribution >= 4 is 15.9 Å². The number of piperidine rings is 1. The van der Waals surface area contributed by atoms with Crippen LogP contribution in [0.4, 0.5) is 0 Å². The zero-order valence-corrected chi connectivity index (χ0v) is 20.1. The van der Waals surface area contributed by atoms with E-state index in [1.54, 1.807) is 4.31 Å². The van der Waals surface area contributed by atoms with Crippen LogP contribution in [-0.2, 0) is 27.8 Å². The number of aryl methyl sites for hydroxylation is 1. The molecule has 0 unspecified atom stereocenters. The minimum atomic E-state index is -3.34. The monoisotopic (exact) mass is 469 g/mol. The number of carbonyl (C=O) groups excluding carboxylic acids is 1. The lowest BCUT2D eigenvalue weighted by Gasteiger charge is -2.38. The van der Waals surface area contributed by atoms with Crippen molar-refractivity contribution in [2.45, 2.75) is 32.2 Å². The number of hydrogen-bond donors (Lipinski definition) is 0. The molecule has 1 amide bonds. The SMILES string of the molecule is O=C([C@@H]1CCCN(S(=O)(=O)CCCc2ccccc2)C1)N1CCN(Cc2ccccc2)CC1. The standard InChI is InChI=1S/C26H35N3O3S/c30-26(28-18-16-27(17-19-28)21-24-11-5-2-6-12-24)25-14-7-15-29(22-25)33(31,32)20-8-13-23-9-3-1-4-10-23/h1-6,9-12,25H,7-8,13-22H2/t25-/m1/s1. The van der Waals surface area contributed by atoms with Gasteiger partial charge in [0, 0.05) is 45.8 Å². The van der Waals surface area contributed by atoms with Crippen LogP contribution in [0.5, 0.6) is 0 Å². The molecule has 178 valence electrons. The first-order valence-electron chi connectivity index (χ1n) is 12.1. The van der Waals surface area contributed by atoms with Gasteiger partial charge in [0.2, 0.25) is 15.9 Å². The molecule has 2 heterocycles. The molecule has 0 aromatic heterocycles. The topological polar surface area (TPSA) is 60.9 Å². The summed E-state index contributed by atoms with van der Waals surface area (Å²) in [4.78, 5) is 17.5. The number of hydrogen-bond acceptors (Lipinski definition) is 4. The maximum Gasteiger partial charge on any atom is 0.227 e. The summed E-state index contributed by atoms with van der Waals surface area (Å²) in [5.41, 5.74) is 2.45. The fraction of sp³-hybridized carbons (Fsp3) is 0.500. The Bertz CT molecular complexity index is 990. The molecule has 4 rings (SSSR count). The quantitative estimate of drug-likeness (QED) is 0.596. The summed E-state index contributed by atoms with van der Waals surface area (Å²) in [5, 5.41) is 0. The van der Waals surface area contributed by atoms with Gasteiger partial charge < -0.3 is 4.90 Å². The van der Waals surface area contributed by atoms with E-state index in [1.807, 2.05) is 41.3 Å². The molecule has 6 nitrogen and oxygen atoms in total. The van der Waals surface area contributed by atoms with Crippen molar-refractivity contribution in [3.05, 3.63) is 71.8 Å². The predicted octanol–water partition coefficient (Wildman–Crippen LogP) is 3.01. The maximum atomic E-state index is 13.2. The Morgan fingerprint density at radius 2 is 1.48 bits per heavy atom. The summed E-state index contributed by atoms with van der Waals surface area (Å²) in [6.45, 7) is 4.90. The van der Waals surface area contributed by atoms with Crippen LogP contribution in [0.3, 0.4) is 0 Å². The second-order valence-corrected chi connectivity index (χ2v) is 11.3. The Balaban J connectivity index is 1.25. The highest BCUT2D eigenvalue weighted by atomic mass is 32.2. The molecule has 33 heavy (non-hydrogen) atoms. The van der Waals surface area contributed by atoms with Crippen molar-refractivity contribution in [3.8, 4) is 0 Å². The molecule has 1 atom stereocenters. The zero-order valence-electron chi connectivity index (χ0n) is 19.3. The summed E-state index contributed by atoms with van der Waals surface area (Å²) in [6.07, 6.45) is 2.88. The minimum absolute atomic E-state index is 0.124. The summed E-state index contributed by atoms with van der Waals surface area (Å²) in [7, 11) is -3.34. The molecule has 2 aromatic rings. The fourth-order valence-electron chi connectivity index (χ4n) is 4.86. The van der Waals surface area contributed by atoms with Gasteiger partial charge in [-0.2, -0.15) is 0 Å². The average molecular weight is 470 g/mol. The molecule has 0 bridgehead atoms. The van der Waals surface area contributed by atoms with Crippen LogP contribution in [0.25, 0.3) is 0 Å². The van der Waals surface area contributed by atoms with Crippen LogP contribution in [0.15, 0.2) is 60.7 Å². The molecule has 0 radical (unpaired) electrons. The van der Waals surface area contributed by atoms with Crippen molar-refractivity contribution < 1.29 is 13.2 Å².